The van der Waals surface area contributed by atoms with Crippen molar-refractivity contribution in [3.63, 3.8) is 0 Å². The lowest BCUT2D eigenvalue weighted by Gasteiger charge is -2.12. The molecule has 0 saturated heterocycles. The second kappa shape index (κ2) is 5.41. The first-order valence-corrected chi connectivity index (χ1v) is 6.71. The summed E-state index contributed by atoms with van der Waals surface area (Å²) in [6, 6.07) is 10.2. The fourth-order valence-electron chi connectivity index (χ4n) is 2.03. The van der Waals surface area contributed by atoms with Gasteiger partial charge in [-0.3, -0.25) is 4.98 Å². The van der Waals surface area contributed by atoms with Gasteiger partial charge in [0.25, 0.3) is 0 Å². The highest BCUT2D eigenvalue weighted by Crippen LogP contribution is 2.26. The smallest absolute Gasteiger partial charge is 0.103 e. The summed E-state index contributed by atoms with van der Waals surface area (Å²) in [5.41, 5.74) is 5.13. The van der Waals surface area contributed by atoms with Crippen LogP contribution >= 0.6 is 15.9 Å². The van der Waals surface area contributed by atoms with Crippen LogP contribution in [0.15, 0.2) is 28.7 Å². The molecule has 2 aromatic rings. The Bertz CT molecular complexity index is 652. The molecule has 1 N–H and O–H groups in total. The van der Waals surface area contributed by atoms with Gasteiger partial charge in [0.05, 0.1) is 16.9 Å². The maximum absolute atomic E-state index is 9.24. The van der Waals surface area contributed by atoms with E-state index in [2.05, 4.69) is 32.3 Å². The van der Waals surface area contributed by atoms with Crippen molar-refractivity contribution in [2.24, 2.45) is 0 Å². The second-order valence-electron chi connectivity index (χ2n) is 4.53. The molecule has 0 spiro atoms. The number of hydrogen-bond acceptors (Lipinski definition) is 3. The van der Waals surface area contributed by atoms with Crippen LogP contribution in [0.3, 0.4) is 0 Å². The molecule has 0 amide bonds. The molecule has 0 saturated carbocycles. The van der Waals surface area contributed by atoms with E-state index in [4.69, 9.17) is 0 Å². The van der Waals surface area contributed by atoms with E-state index < -0.39 is 0 Å². The molecular formula is C15H14BrN3. The van der Waals surface area contributed by atoms with E-state index in [1.165, 1.54) is 0 Å². The zero-order valence-corrected chi connectivity index (χ0v) is 12.7. The van der Waals surface area contributed by atoms with Crippen LogP contribution in [0.4, 0.5) is 11.4 Å². The highest BCUT2D eigenvalue weighted by atomic mass is 79.9. The van der Waals surface area contributed by atoms with Crippen LogP contribution in [-0.4, -0.2) is 4.98 Å². The summed E-state index contributed by atoms with van der Waals surface area (Å²) in [4.78, 5) is 4.31. The molecule has 4 heteroatoms. The Hall–Kier alpha value is -1.86. The Kier molecular flexibility index (Phi) is 3.87. The molecule has 0 aliphatic carbocycles. The normalized spacial score (nSPS) is 10.1. The van der Waals surface area contributed by atoms with Crippen LogP contribution in [0.5, 0.6) is 0 Å². The van der Waals surface area contributed by atoms with Crippen molar-refractivity contribution in [1.29, 1.82) is 5.26 Å². The Morgan fingerprint density at radius 2 is 1.89 bits per heavy atom. The molecule has 96 valence electrons. The zero-order valence-electron chi connectivity index (χ0n) is 11.1. The molecule has 0 aliphatic heterocycles. The molecule has 2 rings (SSSR count). The van der Waals surface area contributed by atoms with E-state index in [1.807, 2.05) is 45.0 Å². The molecular weight excluding hydrogens is 302 g/mol. The summed E-state index contributed by atoms with van der Waals surface area (Å²) in [6.07, 6.45) is 0. The standard InChI is InChI=1S/C15H14BrN3/c1-9-4-12(16)7-13(5-9)19-15-6-10(2)18-11(3)14(15)8-17/h4-7H,1-3H3,(H,18,19). The van der Waals surface area contributed by atoms with Gasteiger partial charge in [-0.2, -0.15) is 5.26 Å². The van der Waals surface area contributed by atoms with Crippen molar-refractivity contribution < 1.29 is 0 Å². The summed E-state index contributed by atoms with van der Waals surface area (Å²) in [7, 11) is 0. The summed E-state index contributed by atoms with van der Waals surface area (Å²) in [5.74, 6) is 0. The summed E-state index contributed by atoms with van der Waals surface area (Å²) >= 11 is 3.47. The molecule has 19 heavy (non-hydrogen) atoms. The van der Waals surface area contributed by atoms with Crippen LogP contribution in [0.25, 0.3) is 0 Å². The summed E-state index contributed by atoms with van der Waals surface area (Å²) < 4.78 is 1.01. The minimum Gasteiger partial charge on any atom is -0.354 e. The maximum atomic E-state index is 9.24. The number of rotatable bonds is 2. The van der Waals surface area contributed by atoms with E-state index in [1.54, 1.807) is 0 Å². The maximum Gasteiger partial charge on any atom is 0.103 e. The van der Waals surface area contributed by atoms with Gasteiger partial charge >= 0.3 is 0 Å². The predicted octanol–water partition coefficient (Wildman–Crippen LogP) is 4.38. The third-order valence-corrected chi connectivity index (χ3v) is 3.22. The van der Waals surface area contributed by atoms with Gasteiger partial charge in [0.15, 0.2) is 0 Å². The molecule has 0 radical (unpaired) electrons. The first-order chi connectivity index (χ1) is 8.99. The number of aryl methyl sites for hydroxylation is 3. The minimum atomic E-state index is 0.586. The van der Waals surface area contributed by atoms with Gasteiger partial charge in [-0.1, -0.05) is 15.9 Å². The van der Waals surface area contributed by atoms with Crippen LogP contribution in [0.2, 0.25) is 0 Å². The first-order valence-electron chi connectivity index (χ1n) is 5.92. The van der Waals surface area contributed by atoms with E-state index in [0.29, 0.717) is 5.56 Å². The van der Waals surface area contributed by atoms with Crippen molar-refractivity contribution in [1.82, 2.24) is 4.98 Å². The molecule has 1 heterocycles. The fourth-order valence-corrected chi connectivity index (χ4v) is 2.64. The SMILES string of the molecule is Cc1cc(Br)cc(Nc2cc(C)nc(C)c2C#N)c1. The van der Waals surface area contributed by atoms with Gasteiger partial charge in [-0.25, -0.2) is 0 Å². The molecule has 0 atom stereocenters. The number of hydrogen-bond donors (Lipinski definition) is 1. The topological polar surface area (TPSA) is 48.7 Å². The Labute approximate surface area is 121 Å². The molecule has 1 aromatic carbocycles. The highest BCUT2D eigenvalue weighted by molar-refractivity contribution is 9.10. The van der Waals surface area contributed by atoms with E-state index in [0.717, 1.165) is 32.8 Å². The van der Waals surface area contributed by atoms with Crippen molar-refractivity contribution in [3.05, 3.63) is 51.3 Å². The van der Waals surface area contributed by atoms with Crippen molar-refractivity contribution in [2.75, 3.05) is 5.32 Å². The second-order valence-corrected chi connectivity index (χ2v) is 5.44. The summed E-state index contributed by atoms with van der Waals surface area (Å²) in [5, 5.41) is 12.5. The van der Waals surface area contributed by atoms with Crippen molar-refractivity contribution in [2.45, 2.75) is 20.8 Å². The average Bonchev–Trinajstić information content (AvgIpc) is 2.26. The van der Waals surface area contributed by atoms with Gasteiger partial charge in [-0.05, 0) is 50.6 Å². The monoisotopic (exact) mass is 315 g/mol. The Morgan fingerprint density at radius 1 is 1.16 bits per heavy atom. The lowest BCUT2D eigenvalue weighted by Crippen LogP contribution is -1.99. The third-order valence-electron chi connectivity index (χ3n) is 2.76. The van der Waals surface area contributed by atoms with Crippen LogP contribution in [0.1, 0.15) is 22.5 Å². The number of halogens is 1. The van der Waals surface area contributed by atoms with Crippen molar-refractivity contribution >= 4 is 27.3 Å². The minimum absolute atomic E-state index is 0.586. The lowest BCUT2D eigenvalue weighted by molar-refractivity contribution is 1.11. The highest BCUT2D eigenvalue weighted by Gasteiger charge is 2.08. The number of pyridine rings is 1. The number of aromatic nitrogens is 1. The van der Waals surface area contributed by atoms with Crippen LogP contribution in [0, 0.1) is 32.1 Å². The van der Waals surface area contributed by atoms with Crippen LogP contribution < -0.4 is 5.32 Å². The van der Waals surface area contributed by atoms with E-state index in [-0.39, 0.29) is 0 Å². The van der Waals surface area contributed by atoms with Gasteiger partial charge < -0.3 is 5.32 Å². The van der Waals surface area contributed by atoms with Gasteiger partial charge in [0.2, 0.25) is 0 Å². The van der Waals surface area contributed by atoms with Gasteiger partial charge in [0, 0.05) is 15.9 Å². The number of benzene rings is 1. The predicted molar refractivity (Wildman–Crippen MR) is 80.6 cm³/mol. The Balaban J connectivity index is 2.46. The lowest BCUT2D eigenvalue weighted by atomic mass is 10.1. The number of nitrogens with one attached hydrogen (secondary N) is 1. The summed E-state index contributed by atoms with van der Waals surface area (Å²) in [6.45, 7) is 5.80. The number of anilines is 2. The molecule has 0 fully saturated rings. The molecule has 1 aromatic heterocycles. The Morgan fingerprint density at radius 3 is 2.53 bits per heavy atom. The number of nitrogens with zero attached hydrogens (tertiary/aromatic N) is 2. The molecule has 0 bridgehead atoms. The van der Waals surface area contributed by atoms with Gasteiger partial charge in [0.1, 0.15) is 6.07 Å². The van der Waals surface area contributed by atoms with E-state index in [9.17, 15) is 5.26 Å². The molecule has 0 aliphatic rings. The van der Waals surface area contributed by atoms with Gasteiger partial charge in [-0.15, -0.1) is 0 Å². The number of nitriles is 1. The van der Waals surface area contributed by atoms with Crippen LogP contribution in [-0.2, 0) is 0 Å². The van der Waals surface area contributed by atoms with E-state index >= 15 is 0 Å². The largest absolute Gasteiger partial charge is 0.354 e. The zero-order chi connectivity index (χ0) is 14.0. The molecule has 0 unspecified atom stereocenters. The third kappa shape index (κ3) is 3.12. The molecule has 3 nitrogen and oxygen atoms in total. The quantitative estimate of drug-likeness (QED) is 0.894. The van der Waals surface area contributed by atoms with Crippen molar-refractivity contribution in [3.8, 4) is 6.07 Å². The average molecular weight is 316 g/mol. The first kappa shape index (κ1) is 13.6. The fraction of sp³-hybridized carbons (Fsp3) is 0.200.